The molecular formula is C26H21BrN2O3. The van der Waals surface area contributed by atoms with Crippen LogP contribution in [0.4, 0.5) is 0 Å². The highest BCUT2D eigenvalue weighted by atomic mass is 79.9. The fraction of sp³-hybridized carbons (Fsp3) is 0.0769. The van der Waals surface area contributed by atoms with Gasteiger partial charge in [0, 0.05) is 10.0 Å². The average molecular weight is 489 g/mol. The Morgan fingerprint density at radius 1 is 0.938 bits per heavy atom. The van der Waals surface area contributed by atoms with Gasteiger partial charge in [0.25, 0.3) is 5.91 Å². The van der Waals surface area contributed by atoms with Crippen molar-refractivity contribution in [1.82, 2.24) is 5.43 Å². The van der Waals surface area contributed by atoms with Crippen molar-refractivity contribution in [2.24, 2.45) is 5.10 Å². The summed E-state index contributed by atoms with van der Waals surface area (Å²) in [5, 5.41) is 6.09. The lowest BCUT2D eigenvalue weighted by molar-refractivity contribution is 0.0952. The van der Waals surface area contributed by atoms with Crippen LogP contribution in [0.2, 0.25) is 0 Å². The van der Waals surface area contributed by atoms with Crippen LogP contribution in [0.15, 0.2) is 94.5 Å². The molecule has 0 fully saturated rings. The fourth-order valence-corrected chi connectivity index (χ4v) is 3.51. The predicted octanol–water partition coefficient (Wildman–Crippen LogP) is 5.95. The summed E-state index contributed by atoms with van der Waals surface area (Å²) in [4.78, 5) is 12.7. The number of nitrogens with zero attached hydrogens (tertiary/aromatic N) is 1. The van der Waals surface area contributed by atoms with E-state index in [1.54, 1.807) is 19.4 Å². The van der Waals surface area contributed by atoms with E-state index in [1.807, 2.05) is 78.9 Å². The summed E-state index contributed by atoms with van der Waals surface area (Å²) in [7, 11) is 1.54. The van der Waals surface area contributed by atoms with Crippen molar-refractivity contribution < 1.29 is 14.3 Å². The van der Waals surface area contributed by atoms with E-state index in [2.05, 4.69) is 26.5 Å². The summed E-state index contributed by atoms with van der Waals surface area (Å²) in [5.74, 6) is 0.823. The number of hydrazone groups is 1. The fourth-order valence-electron chi connectivity index (χ4n) is 3.25. The second kappa shape index (κ2) is 10.1. The number of carbonyl (C=O) groups excluding carboxylic acids is 1. The van der Waals surface area contributed by atoms with Gasteiger partial charge in [-0.3, -0.25) is 4.79 Å². The topological polar surface area (TPSA) is 59.9 Å². The van der Waals surface area contributed by atoms with E-state index >= 15 is 0 Å². The number of para-hydroxylation sites is 1. The standard InChI is InChI=1S/C26H21BrN2O3/c1-31-25-15-20-7-3-2-6-19(20)14-23(25)26(30)29-28-16-21-8-4-5-9-24(21)32-17-18-10-12-22(27)13-11-18/h2-16H,17H2,1H3,(H,29,30). The highest BCUT2D eigenvalue weighted by molar-refractivity contribution is 9.10. The van der Waals surface area contributed by atoms with Crippen molar-refractivity contribution in [2.75, 3.05) is 7.11 Å². The number of hydrogen-bond acceptors (Lipinski definition) is 4. The number of methoxy groups -OCH3 is 1. The second-order valence-electron chi connectivity index (χ2n) is 7.05. The summed E-state index contributed by atoms with van der Waals surface area (Å²) in [6, 6.07) is 26.9. The number of nitrogens with one attached hydrogen (secondary N) is 1. The molecule has 4 aromatic rings. The molecule has 0 aromatic heterocycles. The molecule has 0 saturated carbocycles. The third-order valence-electron chi connectivity index (χ3n) is 4.91. The first-order chi connectivity index (χ1) is 15.6. The molecule has 0 atom stereocenters. The first-order valence-electron chi connectivity index (χ1n) is 10.0. The van der Waals surface area contributed by atoms with E-state index in [0.29, 0.717) is 23.7 Å². The molecule has 5 nitrogen and oxygen atoms in total. The summed E-state index contributed by atoms with van der Waals surface area (Å²) in [6.07, 6.45) is 1.57. The third-order valence-corrected chi connectivity index (χ3v) is 5.44. The largest absolute Gasteiger partial charge is 0.496 e. The lowest BCUT2D eigenvalue weighted by atomic mass is 10.1. The lowest BCUT2D eigenvalue weighted by Gasteiger charge is -2.10. The van der Waals surface area contributed by atoms with Crippen LogP contribution in [0.1, 0.15) is 21.5 Å². The molecule has 0 saturated heterocycles. The first kappa shape index (κ1) is 21.6. The van der Waals surface area contributed by atoms with Gasteiger partial charge in [-0.05, 0) is 52.7 Å². The lowest BCUT2D eigenvalue weighted by Crippen LogP contribution is -2.18. The second-order valence-corrected chi connectivity index (χ2v) is 7.97. The van der Waals surface area contributed by atoms with Crippen molar-refractivity contribution >= 4 is 38.8 Å². The van der Waals surface area contributed by atoms with Crippen LogP contribution in [0, 0.1) is 0 Å². The molecule has 0 radical (unpaired) electrons. The van der Waals surface area contributed by atoms with Gasteiger partial charge < -0.3 is 9.47 Å². The van der Waals surface area contributed by atoms with Crippen LogP contribution in [0.25, 0.3) is 10.8 Å². The Kier molecular flexibility index (Phi) is 6.82. The molecular weight excluding hydrogens is 468 g/mol. The molecule has 0 aliphatic rings. The van der Waals surface area contributed by atoms with Gasteiger partial charge in [-0.15, -0.1) is 0 Å². The quantitative estimate of drug-likeness (QED) is 0.258. The molecule has 0 bridgehead atoms. The molecule has 4 aromatic carbocycles. The van der Waals surface area contributed by atoms with Gasteiger partial charge >= 0.3 is 0 Å². The Labute approximate surface area is 194 Å². The number of ether oxygens (including phenoxy) is 2. The maximum Gasteiger partial charge on any atom is 0.275 e. The van der Waals surface area contributed by atoms with Gasteiger partial charge in [-0.2, -0.15) is 5.10 Å². The van der Waals surface area contributed by atoms with Gasteiger partial charge in [0.1, 0.15) is 18.1 Å². The normalized spacial score (nSPS) is 10.9. The number of fused-ring (bicyclic) bond motifs is 1. The third kappa shape index (κ3) is 5.15. The van der Waals surface area contributed by atoms with E-state index < -0.39 is 0 Å². The molecule has 1 amide bonds. The Morgan fingerprint density at radius 3 is 2.38 bits per heavy atom. The van der Waals surface area contributed by atoms with Crippen molar-refractivity contribution in [2.45, 2.75) is 6.61 Å². The van der Waals surface area contributed by atoms with Crippen molar-refractivity contribution in [1.29, 1.82) is 0 Å². The van der Waals surface area contributed by atoms with Gasteiger partial charge in [0.15, 0.2) is 0 Å². The molecule has 6 heteroatoms. The number of halogens is 1. The van der Waals surface area contributed by atoms with Crippen molar-refractivity contribution in [3.63, 3.8) is 0 Å². The number of carbonyl (C=O) groups is 1. The van der Waals surface area contributed by atoms with E-state index in [-0.39, 0.29) is 5.91 Å². The van der Waals surface area contributed by atoms with Gasteiger partial charge in [-0.25, -0.2) is 5.43 Å². The molecule has 0 aliphatic heterocycles. The zero-order chi connectivity index (χ0) is 22.3. The van der Waals surface area contributed by atoms with Gasteiger partial charge in [0.2, 0.25) is 0 Å². The van der Waals surface area contributed by atoms with Crippen LogP contribution in [0.3, 0.4) is 0 Å². The monoisotopic (exact) mass is 488 g/mol. The minimum Gasteiger partial charge on any atom is -0.496 e. The minimum absolute atomic E-state index is 0.350. The van der Waals surface area contributed by atoms with E-state index in [4.69, 9.17) is 9.47 Å². The SMILES string of the molecule is COc1cc2ccccc2cc1C(=O)NN=Cc1ccccc1OCc1ccc(Br)cc1. The highest BCUT2D eigenvalue weighted by Gasteiger charge is 2.13. The Bertz CT molecular complexity index is 1270. The molecule has 160 valence electrons. The average Bonchev–Trinajstić information content (AvgIpc) is 2.83. The minimum atomic E-state index is -0.350. The predicted molar refractivity (Wildman–Crippen MR) is 130 cm³/mol. The number of benzene rings is 4. The van der Waals surface area contributed by atoms with Crippen LogP contribution >= 0.6 is 15.9 Å². The van der Waals surface area contributed by atoms with E-state index in [9.17, 15) is 4.79 Å². The van der Waals surface area contributed by atoms with Crippen LogP contribution in [0.5, 0.6) is 11.5 Å². The maximum atomic E-state index is 12.7. The molecule has 1 N–H and O–H groups in total. The highest BCUT2D eigenvalue weighted by Crippen LogP contribution is 2.26. The molecule has 0 spiro atoms. The first-order valence-corrected chi connectivity index (χ1v) is 10.8. The zero-order valence-corrected chi connectivity index (χ0v) is 19.0. The molecule has 4 rings (SSSR count). The Hall–Kier alpha value is -3.64. The van der Waals surface area contributed by atoms with E-state index in [0.717, 1.165) is 26.4 Å². The maximum absolute atomic E-state index is 12.7. The van der Waals surface area contributed by atoms with E-state index in [1.165, 1.54) is 0 Å². The number of amides is 1. The molecule has 0 aliphatic carbocycles. The van der Waals surface area contributed by atoms with Crippen LogP contribution < -0.4 is 14.9 Å². The number of rotatable bonds is 7. The molecule has 0 heterocycles. The van der Waals surface area contributed by atoms with Crippen molar-refractivity contribution in [3.05, 3.63) is 106 Å². The summed E-state index contributed by atoms with van der Waals surface area (Å²) >= 11 is 3.43. The number of hydrogen-bond donors (Lipinski definition) is 1. The van der Waals surface area contributed by atoms with Gasteiger partial charge in [0.05, 0.1) is 18.9 Å². The molecule has 0 unspecified atom stereocenters. The van der Waals surface area contributed by atoms with Crippen molar-refractivity contribution in [3.8, 4) is 11.5 Å². The summed E-state index contributed by atoms with van der Waals surface area (Å²) in [6.45, 7) is 0.429. The Balaban J connectivity index is 1.47. The van der Waals surface area contributed by atoms with Crippen LogP contribution in [-0.4, -0.2) is 19.2 Å². The molecule has 32 heavy (non-hydrogen) atoms. The van der Waals surface area contributed by atoms with Crippen LogP contribution in [-0.2, 0) is 6.61 Å². The summed E-state index contributed by atoms with van der Waals surface area (Å²) < 4.78 is 12.4. The zero-order valence-electron chi connectivity index (χ0n) is 17.4. The van der Waals surface area contributed by atoms with Gasteiger partial charge in [-0.1, -0.05) is 64.5 Å². The smallest absolute Gasteiger partial charge is 0.275 e. The summed E-state index contributed by atoms with van der Waals surface area (Å²) in [5.41, 5.74) is 4.82. The Morgan fingerprint density at radius 2 is 1.62 bits per heavy atom.